The van der Waals surface area contributed by atoms with E-state index in [1.54, 1.807) is 5.57 Å². The number of carboxylic acid groups (broad SMARTS) is 1. The van der Waals surface area contributed by atoms with Crippen molar-refractivity contribution in [2.24, 2.45) is 28.6 Å². The van der Waals surface area contributed by atoms with Crippen LogP contribution in [0.25, 0.3) is 0 Å². The van der Waals surface area contributed by atoms with Crippen molar-refractivity contribution in [2.45, 2.75) is 66.2 Å². The molecule has 3 aliphatic carbocycles. The van der Waals surface area contributed by atoms with Gasteiger partial charge in [-0.2, -0.15) is 0 Å². The van der Waals surface area contributed by atoms with Crippen molar-refractivity contribution in [1.82, 2.24) is 0 Å². The molecule has 0 aliphatic heterocycles. The van der Waals surface area contributed by atoms with E-state index in [1.807, 2.05) is 6.92 Å². The van der Waals surface area contributed by atoms with Crippen LogP contribution in [-0.4, -0.2) is 37.3 Å². The third-order valence-corrected chi connectivity index (χ3v) is 7.07. The van der Waals surface area contributed by atoms with E-state index >= 15 is 0 Å². The first-order valence-electron chi connectivity index (χ1n) is 8.93. The Morgan fingerprint density at radius 1 is 1.30 bits per heavy atom. The van der Waals surface area contributed by atoms with E-state index in [4.69, 9.17) is 0 Å². The van der Waals surface area contributed by atoms with Gasteiger partial charge in [0.1, 0.15) is 0 Å². The molecule has 2 nitrogen and oxygen atoms in total. The van der Waals surface area contributed by atoms with Gasteiger partial charge in [0.2, 0.25) is 0 Å². The Labute approximate surface area is 159 Å². The number of rotatable bonds is 2. The van der Waals surface area contributed by atoms with Gasteiger partial charge in [-0.1, -0.05) is 44.9 Å². The molecule has 0 aromatic heterocycles. The zero-order chi connectivity index (χ0) is 16.1. The molecule has 0 amide bonds. The van der Waals surface area contributed by atoms with E-state index < -0.39 is 11.4 Å². The number of carboxylic acids is 1. The Morgan fingerprint density at radius 2 is 2.00 bits per heavy atom. The molecule has 1 fully saturated rings. The van der Waals surface area contributed by atoms with Gasteiger partial charge in [0.05, 0.1) is 5.41 Å². The second-order valence-corrected chi connectivity index (χ2v) is 8.54. The van der Waals surface area contributed by atoms with Gasteiger partial charge >= 0.3 is 32.2 Å². The molecule has 0 unspecified atom stereocenters. The van der Waals surface area contributed by atoms with Crippen molar-refractivity contribution in [3.63, 3.8) is 0 Å². The molecule has 0 radical (unpaired) electrons. The number of allylic oxidation sites excluding steroid dienone is 4. The van der Waals surface area contributed by atoms with E-state index in [9.17, 15) is 9.90 Å². The van der Waals surface area contributed by atoms with Crippen LogP contribution in [0.1, 0.15) is 66.2 Å². The molecule has 0 aromatic carbocycles. The molecule has 4 atom stereocenters. The van der Waals surface area contributed by atoms with Gasteiger partial charge in [-0.15, -0.1) is 0 Å². The molecule has 3 rings (SSSR count). The summed E-state index contributed by atoms with van der Waals surface area (Å²) in [4.78, 5) is 11.9. The van der Waals surface area contributed by atoms with E-state index in [0.717, 1.165) is 19.3 Å². The summed E-state index contributed by atoms with van der Waals surface area (Å²) in [5.74, 6) is 0.888. The SMILES string of the molecule is CC(C)C1=CC2=CC[C@@H]3[C@](C)(CCC[C@@]3(C)C(=O)O)[C@H]2CC1.[BiH3]. The Balaban J connectivity index is 0.00000192. The van der Waals surface area contributed by atoms with Crippen molar-refractivity contribution in [3.05, 3.63) is 23.3 Å². The van der Waals surface area contributed by atoms with Crippen LogP contribution in [0.2, 0.25) is 0 Å². The number of fused-ring (bicyclic) bond motifs is 3. The predicted octanol–water partition coefficient (Wildman–Crippen LogP) is 4.02. The van der Waals surface area contributed by atoms with Crippen LogP contribution in [0.4, 0.5) is 0 Å². The third kappa shape index (κ3) is 2.96. The molecular formula is C20H33BiO2. The van der Waals surface area contributed by atoms with Crippen LogP contribution in [0.15, 0.2) is 23.3 Å². The molecule has 0 heterocycles. The summed E-state index contributed by atoms with van der Waals surface area (Å²) >= 11 is 0. The van der Waals surface area contributed by atoms with E-state index in [0.29, 0.717) is 11.8 Å². The van der Waals surface area contributed by atoms with Gasteiger partial charge in [0.25, 0.3) is 0 Å². The summed E-state index contributed by atoms with van der Waals surface area (Å²) in [6, 6.07) is 0. The van der Waals surface area contributed by atoms with Gasteiger partial charge < -0.3 is 5.11 Å². The van der Waals surface area contributed by atoms with Crippen molar-refractivity contribution in [2.75, 3.05) is 0 Å². The second kappa shape index (κ2) is 6.62. The summed E-state index contributed by atoms with van der Waals surface area (Å²) in [6.07, 6.45) is 11.2. The number of hydrogen-bond donors (Lipinski definition) is 1. The first-order valence-corrected chi connectivity index (χ1v) is 8.93. The van der Waals surface area contributed by atoms with Crippen LogP contribution in [0, 0.1) is 28.6 Å². The summed E-state index contributed by atoms with van der Waals surface area (Å²) in [7, 11) is 0. The summed E-state index contributed by atoms with van der Waals surface area (Å²) < 4.78 is 0. The van der Waals surface area contributed by atoms with Crippen molar-refractivity contribution in [3.8, 4) is 0 Å². The van der Waals surface area contributed by atoms with Crippen molar-refractivity contribution >= 4 is 32.2 Å². The Hall–Kier alpha value is -0.167. The summed E-state index contributed by atoms with van der Waals surface area (Å²) in [5, 5.41) is 9.83. The Bertz CT molecular complexity index is 548. The molecule has 3 aliphatic rings. The van der Waals surface area contributed by atoms with Crippen molar-refractivity contribution in [1.29, 1.82) is 0 Å². The first-order chi connectivity index (χ1) is 10.3. The van der Waals surface area contributed by atoms with Crippen LogP contribution < -0.4 is 0 Å². The van der Waals surface area contributed by atoms with E-state index in [1.165, 1.54) is 24.8 Å². The average molecular weight is 514 g/mol. The maximum atomic E-state index is 11.9. The fraction of sp³-hybridized carbons (Fsp3) is 0.750. The number of aliphatic carboxylic acids is 1. The molecular weight excluding hydrogens is 481 g/mol. The number of carbonyl (C=O) groups is 1. The van der Waals surface area contributed by atoms with Crippen LogP contribution in [0.5, 0.6) is 0 Å². The fourth-order valence-corrected chi connectivity index (χ4v) is 5.60. The summed E-state index contributed by atoms with van der Waals surface area (Å²) in [5.41, 5.74) is 2.69. The van der Waals surface area contributed by atoms with Crippen LogP contribution >= 0.6 is 0 Å². The zero-order valence-electron chi connectivity index (χ0n) is 15.2. The first kappa shape index (κ1) is 19.2. The standard InChI is InChI=1S/C20H30O2.Bi.3H/c1-13(2)14-6-8-16-15(12-14)7-9-17-19(16,3)10-5-11-20(17,4)18(21)22;;;;/h7,12-13,16-17H,5-6,8-11H2,1-4H3,(H,21,22);;;;/t16-,17+,19+,20+;;;;/m0..../s1. The third-order valence-electron chi connectivity index (χ3n) is 7.07. The normalized spacial score (nSPS) is 39.5. The molecule has 0 saturated heterocycles. The molecule has 23 heavy (non-hydrogen) atoms. The van der Waals surface area contributed by atoms with Crippen LogP contribution in [0.3, 0.4) is 0 Å². The predicted molar refractivity (Wildman–Crippen MR) is 99.5 cm³/mol. The Morgan fingerprint density at radius 3 is 2.61 bits per heavy atom. The maximum absolute atomic E-state index is 11.9. The van der Waals surface area contributed by atoms with Gasteiger partial charge in [-0.25, -0.2) is 0 Å². The number of hydrogen-bond acceptors (Lipinski definition) is 1. The molecule has 0 aromatic rings. The van der Waals surface area contributed by atoms with E-state index in [2.05, 4.69) is 32.9 Å². The molecule has 130 valence electrons. The van der Waals surface area contributed by atoms with Gasteiger partial charge in [0.15, 0.2) is 0 Å². The second-order valence-electron chi connectivity index (χ2n) is 8.54. The minimum atomic E-state index is -0.588. The molecule has 3 heteroatoms. The van der Waals surface area contributed by atoms with Crippen LogP contribution in [-0.2, 0) is 4.79 Å². The minimum absolute atomic E-state index is 0. The molecule has 0 spiro atoms. The molecule has 1 saturated carbocycles. The summed E-state index contributed by atoms with van der Waals surface area (Å²) in [6.45, 7) is 8.93. The van der Waals surface area contributed by atoms with Gasteiger partial charge in [-0.3, -0.25) is 4.79 Å². The Kier molecular flexibility index (Phi) is 5.52. The quantitative estimate of drug-likeness (QED) is 0.566. The fourth-order valence-electron chi connectivity index (χ4n) is 5.60. The average Bonchev–Trinajstić information content (AvgIpc) is 2.46. The zero-order valence-corrected chi connectivity index (χ0v) is 20.7. The topological polar surface area (TPSA) is 37.3 Å². The van der Waals surface area contributed by atoms with E-state index in [-0.39, 0.29) is 37.5 Å². The van der Waals surface area contributed by atoms with Crippen molar-refractivity contribution < 1.29 is 9.90 Å². The molecule has 1 N–H and O–H groups in total. The molecule has 0 bridgehead atoms. The van der Waals surface area contributed by atoms with Gasteiger partial charge in [0, 0.05) is 0 Å². The monoisotopic (exact) mass is 514 g/mol. The van der Waals surface area contributed by atoms with Gasteiger partial charge in [-0.05, 0) is 67.8 Å².